The number of nitrogens with one attached hydrogen (secondary N) is 2. The minimum absolute atomic E-state index is 0.103. The Morgan fingerprint density at radius 3 is 0.733 bits per heavy atom. The highest BCUT2D eigenvalue weighted by atomic mass is 16.6. The molecule has 6 aliphatic carbocycles. The average molecular weight is 1240 g/mol. The van der Waals surface area contributed by atoms with Gasteiger partial charge in [0.1, 0.15) is 11.2 Å². The summed E-state index contributed by atoms with van der Waals surface area (Å²) in [6.07, 6.45) is -1.70. The zero-order valence-corrected chi connectivity index (χ0v) is 52.8. The number of carbonyl (C=O) groups excluding carboxylic acids is 10. The van der Waals surface area contributed by atoms with E-state index in [0.29, 0.717) is 0 Å². The van der Waals surface area contributed by atoms with Crippen LogP contribution in [0.1, 0.15) is 165 Å². The molecule has 0 aliphatic heterocycles. The van der Waals surface area contributed by atoms with Crippen LogP contribution in [-0.2, 0) is 85.7 Å². The first-order chi connectivity index (χ1) is 42.6. The van der Waals surface area contributed by atoms with Gasteiger partial charge in [0.05, 0.1) is 74.9 Å². The van der Waals surface area contributed by atoms with Gasteiger partial charge in [-0.2, -0.15) is 0 Å². The molecule has 0 radical (unpaired) electrons. The van der Waals surface area contributed by atoms with Crippen LogP contribution < -0.4 is 10.6 Å². The van der Waals surface area contributed by atoms with Gasteiger partial charge in [0.2, 0.25) is 21.7 Å². The molecule has 24 nitrogen and oxygen atoms in total. The highest BCUT2D eigenvalue weighted by Crippen LogP contribution is 2.74. The van der Waals surface area contributed by atoms with E-state index >= 15 is 38.4 Å². The van der Waals surface area contributed by atoms with Crippen molar-refractivity contribution in [2.24, 2.45) is 21.7 Å². The maximum atomic E-state index is 15.6. The van der Waals surface area contributed by atoms with Crippen molar-refractivity contribution < 1.29 is 95.3 Å². The minimum Gasteiger partial charge on any atom is -0.465 e. The van der Waals surface area contributed by atoms with Gasteiger partial charge in [0.25, 0.3) is 0 Å². The van der Waals surface area contributed by atoms with Crippen molar-refractivity contribution in [1.82, 2.24) is 9.97 Å². The second-order valence-corrected chi connectivity index (χ2v) is 23.8. The lowest BCUT2D eigenvalue weighted by Crippen LogP contribution is -2.71. The summed E-state index contributed by atoms with van der Waals surface area (Å²) in [5, 5.41) is 5.44. The zero-order valence-electron chi connectivity index (χ0n) is 52.8. The van der Waals surface area contributed by atoms with Crippen molar-refractivity contribution in [2.45, 2.75) is 132 Å². The first-order valence-corrected chi connectivity index (χ1v) is 30.1. The van der Waals surface area contributed by atoms with Gasteiger partial charge in [-0.05, 0) is 190 Å². The van der Waals surface area contributed by atoms with Crippen LogP contribution >= 0.6 is 0 Å². The van der Waals surface area contributed by atoms with Gasteiger partial charge in [-0.25, -0.2) is 19.6 Å². The lowest BCUT2D eigenvalue weighted by Gasteiger charge is -2.58. The van der Waals surface area contributed by atoms with Gasteiger partial charge in [0, 0.05) is 35.0 Å². The third kappa shape index (κ3) is 9.78. The minimum atomic E-state index is -2.97. The molecule has 90 heavy (non-hydrogen) atoms. The largest absolute Gasteiger partial charge is 0.465 e. The molecule has 2 N–H and O–H groups in total. The van der Waals surface area contributed by atoms with E-state index < -0.39 is 116 Å². The Morgan fingerprint density at radius 2 is 0.533 bits per heavy atom. The first kappa shape index (κ1) is 65.2. The molecule has 0 spiro atoms. The fraction of sp³-hybridized carbons (Fsp3) is 0.485. The first-order valence-electron chi connectivity index (χ1n) is 30.1. The normalized spacial score (nSPS) is 18.8. The number of anilines is 2. The Balaban J connectivity index is 1.42. The molecule has 24 heteroatoms. The number of amides is 2. The quantitative estimate of drug-likeness (QED) is 0.0357. The van der Waals surface area contributed by atoms with Gasteiger partial charge in [-0.1, -0.05) is 12.1 Å². The number of fused-ring (bicyclic) bond motifs is 4. The van der Waals surface area contributed by atoms with Crippen LogP contribution in [-0.4, -0.2) is 134 Å². The van der Waals surface area contributed by atoms with E-state index in [1.165, 1.54) is 79.7 Å². The molecule has 4 atom stereocenters. The summed E-state index contributed by atoms with van der Waals surface area (Å²) < 4.78 is 57.7. The van der Waals surface area contributed by atoms with Crippen LogP contribution in [0.2, 0.25) is 0 Å². The van der Waals surface area contributed by atoms with Crippen LogP contribution in [0, 0.1) is 21.7 Å². The van der Waals surface area contributed by atoms with E-state index in [2.05, 4.69) is 10.6 Å². The van der Waals surface area contributed by atoms with Crippen molar-refractivity contribution in [3.63, 3.8) is 0 Å². The molecule has 1 heterocycles. The van der Waals surface area contributed by atoms with Crippen LogP contribution in [0.4, 0.5) is 21.0 Å². The number of benzene rings is 4. The average Bonchev–Trinajstić information content (AvgIpc) is 0.657. The van der Waals surface area contributed by atoms with E-state index in [4.69, 9.17) is 57.3 Å². The van der Waals surface area contributed by atoms with Crippen molar-refractivity contribution in [3.05, 3.63) is 105 Å². The molecular weight excluding hydrogens is 1170 g/mol. The SMILES string of the molecule is CCOC(=O)C1(C(=O)OCC)C2c3ccc(NC(=O)OC(C)(C)C)cc3C(c3cc4nc5cc6c(cc5nc4cc32)C2c3cc(NC(=O)OC(C)(C)C)ccc3C6C(C(=O)OCC)(C(=O)OCC)C2(C(=O)OCC)C(=O)OCC)C1(C(=O)OCC)C(=O)OCC. The number of esters is 8. The van der Waals surface area contributed by atoms with E-state index in [0.717, 1.165) is 0 Å². The molecule has 4 aromatic carbocycles. The molecule has 2 amide bonds. The summed E-state index contributed by atoms with van der Waals surface area (Å²) in [5.41, 5.74) is -11.4. The Bertz CT molecular complexity index is 3500. The number of ether oxygens (including phenoxy) is 10. The molecule has 4 bridgehead atoms. The lowest BCUT2D eigenvalue weighted by molar-refractivity contribution is -0.210. The third-order valence-corrected chi connectivity index (χ3v) is 16.5. The molecule has 11 rings (SSSR count). The predicted molar refractivity (Wildman–Crippen MR) is 320 cm³/mol. The Kier molecular flexibility index (Phi) is 17.6. The summed E-state index contributed by atoms with van der Waals surface area (Å²) in [4.78, 5) is 161. The van der Waals surface area contributed by atoms with Crippen molar-refractivity contribution >= 4 is 93.4 Å². The highest BCUT2D eigenvalue weighted by molar-refractivity contribution is 6.20. The van der Waals surface area contributed by atoms with Gasteiger partial charge in [-0.15, -0.1) is 0 Å². The maximum Gasteiger partial charge on any atom is 0.412 e. The molecule has 0 saturated carbocycles. The van der Waals surface area contributed by atoms with Gasteiger partial charge in [-0.3, -0.25) is 49.0 Å². The van der Waals surface area contributed by atoms with E-state index in [-0.39, 0.29) is 131 Å². The topological polar surface area (TPSA) is 313 Å². The number of hydrogen-bond acceptors (Lipinski definition) is 22. The molecule has 5 aromatic rings. The summed E-state index contributed by atoms with van der Waals surface area (Å²) in [5.74, 6) is -17.2. The predicted octanol–water partition coefficient (Wildman–Crippen LogP) is 9.11. The smallest absolute Gasteiger partial charge is 0.412 e. The van der Waals surface area contributed by atoms with Crippen LogP contribution in [0.25, 0.3) is 22.1 Å². The number of aromatic nitrogens is 2. The van der Waals surface area contributed by atoms with Gasteiger partial charge < -0.3 is 47.4 Å². The summed E-state index contributed by atoms with van der Waals surface area (Å²) >= 11 is 0. The molecule has 4 unspecified atom stereocenters. The van der Waals surface area contributed by atoms with E-state index in [1.54, 1.807) is 77.9 Å². The molecule has 6 aliphatic rings. The van der Waals surface area contributed by atoms with Crippen molar-refractivity contribution in [3.8, 4) is 0 Å². The number of nitrogens with zero attached hydrogens (tertiary/aromatic N) is 2. The summed E-state index contributed by atoms with van der Waals surface area (Å²) in [7, 11) is 0. The highest BCUT2D eigenvalue weighted by Gasteiger charge is 2.85. The van der Waals surface area contributed by atoms with E-state index in [1.807, 2.05) is 0 Å². The third-order valence-electron chi connectivity index (χ3n) is 16.5. The van der Waals surface area contributed by atoms with Gasteiger partial charge >= 0.3 is 59.9 Å². The second-order valence-electron chi connectivity index (χ2n) is 23.8. The monoisotopic (exact) mass is 1240 g/mol. The molecule has 478 valence electrons. The summed E-state index contributed by atoms with van der Waals surface area (Å²) in [6.45, 7) is 19.2. The Morgan fingerprint density at radius 1 is 0.333 bits per heavy atom. The Hall–Kier alpha value is -9.22. The van der Waals surface area contributed by atoms with Crippen molar-refractivity contribution in [1.29, 1.82) is 0 Å². The zero-order chi connectivity index (χ0) is 65.8. The maximum absolute atomic E-state index is 15.6. The fourth-order valence-electron chi connectivity index (χ4n) is 14.0. The summed E-state index contributed by atoms with van der Waals surface area (Å²) in [6, 6.07) is 15.3. The lowest BCUT2D eigenvalue weighted by atomic mass is 9.39. The van der Waals surface area contributed by atoms with Crippen LogP contribution in [0.5, 0.6) is 0 Å². The van der Waals surface area contributed by atoms with Crippen LogP contribution in [0.15, 0.2) is 60.7 Å². The Labute approximate surface area is 519 Å². The van der Waals surface area contributed by atoms with Crippen molar-refractivity contribution in [2.75, 3.05) is 63.5 Å². The molecular formula is C66H74N4O20. The fourth-order valence-corrected chi connectivity index (χ4v) is 14.0. The second kappa shape index (κ2) is 24.3. The molecule has 0 fully saturated rings. The number of hydrogen-bond donors (Lipinski definition) is 2. The molecule has 1 aromatic heterocycles. The molecule has 0 saturated heterocycles. The number of carbonyl (C=O) groups is 10. The standard InChI is InChI=1S/C66H74N4O20/c1-15-81-51(71)63(52(72)82-16-2)47-35-25-23-33(67-59(79)89-61(9,10)11)27-37(35)49(65(63,55(75)85-19-5)56(76)86-20-6)41-31-45-43(29-39(41)47)69-46-32-42-40(30-44(46)70-45)48-36-26-24-34(68-60(80)90-62(12,13)14)28-38(36)50(42)66(57(77)87-21-7,58(78)88-22-8)64(48,53(73)83-17-3)54(74)84-18-4/h23-32,47-50H,15-22H2,1-14H3,(H,67,79)(H,68,80). The van der Waals surface area contributed by atoms with E-state index in [9.17, 15) is 9.59 Å². The van der Waals surface area contributed by atoms with Crippen LogP contribution in [0.3, 0.4) is 0 Å². The van der Waals surface area contributed by atoms with Gasteiger partial charge in [0.15, 0.2) is 0 Å². The number of rotatable bonds is 18.